The number of hydrogen-bond donors (Lipinski definition) is 7. The maximum absolute atomic E-state index is 14.2. The Hall–Kier alpha value is -9.35. The third kappa shape index (κ3) is 17.9. The number of nitrogens with one attached hydrogen (secondary N) is 6. The van der Waals surface area contributed by atoms with Gasteiger partial charge in [0, 0.05) is 169 Å². The molecule has 0 spiro atoms. The van der Waals surface area contributed by atoms with Crippen LogP contribution in [0, 0.1) is 32.6 Å². The lowest BCUT2D eigenvalue weighted by Gasteiger charge is -2.28. The first kappa shape index (κ1) is 84.1. The van der Waals surface area contributed by atoms with Crippen LogP contribution >= 0.6 is 11.8 Å². The fourth-order valence-corrected chi connectivity index (χ4v) is 21.3. The Bertz CT molecular complexity index is 5840. The van der Waals surface area contributed by atoms with Gasteiger partial charge in [-0.2, -0.15) is 13.0 Å². The third-order valence-electron chi connectivity index (χ3n) is 25.3. The molecule has 5 aromatic carbocycles. The SMILES string of the molecule is CCCCCCOC(C)c1c2[nH]c(c1C)C=C1NC(=C3CC(=O)c4c3[nH]c(c4C)C=c3[nH]c(c(C)c3CC)=C2)[C@@H](CCC(=O)NCCCCNC(=O)c2ccc(SC3=C(/C=C/C4=[N+](CCCCS(=O)(=O)[O-])c5ccc6ccccc6c5C4(C)C)CCC/C3=C\C=C3\N(CCCCS(=O)(=O)O)c4ccc5ccccc5c4C3(C)C)cc2)[C@@H]1C. The number of ketones is 1. The van der Waals surface area contributed by atoms with Gasteiger partial charge in [-0.25, -0.2) is 8.42 Å². The summed E-state index contributed by atoms with van der Waals surface area (Å²) in [4.78, 5) is 57.9. The lowest BCUT2D eigenvalue weighted by molar-refractivity contribution is -0.438. The lowest BCUT2D eigenvalue weighted by atomic mass is 9.78. The molecule has 616 valence electrons. The van der Waals surface area contributed by atoms with Crippen LogP contribution in [0.5, 0.6) is 0 Å². The van der Waals surface area contributed by atoms with E-state index in [0.717, 1.165) is 183 Å². The molecule has 4 aliphatic heterocycles. The number of unbranched alkanes of at least 4 members (excludes halogenated alkanes) is 6. The van der Waals surface area contributed by atoms with Gasteiger partial charge in [-0.1, -0.05) is 132 Å². The van der Waals surface area contributed by atoms with Crippen molar-refractivity contribution in [2.24, 2.45) is 11.8 Å². The van der Waals surface area contributed by atoms with E-state index < -0.39 is 36.8 Å². The van der Waals surface area contributed by atoms with Gasteiger partial charge in [-0.15, -0.1) is 0 Å². The summed E-state index contributed by atoms with van der Waals surface area (Å²) in [5, 5.41) is 16.8. The van der Waals surface area contributed by atoms with E-state index in [2.05, 4.69) is 213 Å². The number of anilines is 1. The highest BCUT2D eigenvalue weighted by Gasteiger charge is 2.47. The van der Waals surface area contributed by atoms with Crippen LogP contribution < -0.4 is 31.5 Å². The van der Waals surface area contributed by atoms with Crippen molar-refractivity contribution in [1.29, 1.82) is 0 Å². The second-order valence-electron chi connectivity index (χ2n) is 33.8. The van der Waals surface area contributed by atoms with Crippen molar-refractivity contribution in [2.75, 3.05) is 49.2 Å². The van der Waals surface area contributed by atoms with Gasteiger partial charge in [0.15, 0.2) is 11.5 Å². The van der Waals surface area contributed by atoms with Crippen molar-refractivity contribution in [3.8, 4) is 0 Å². The van der Waals surface area contributed by atoms with E-state index in [9.17, 15) is 40.3 Å². The molecule has 18 nitrogen and oxygen atoms in total. The Morgan fingerprint density at radius 3 is 2.16 bits per heavy atom. The van der Waals surface area contributed by atoms with Gasteiger partial charge < -0.3 is 45.1 Å². The molecular weight excluding hydrogens is 1520 g/mol. The molecule has 14 rings (SSSR count). The zero-order chi connectivity index (χ0) is 82.8. The summed E-state index contributed by atoms with van der Waals surface area (Å²) in [6.07, 6.45) is 27.3. The molecule has 7 N–H and O–H groups in total. The molecule has 21 heteroatoms. The van der Waals surface area contributed by atoms with Gasteiger partial charge in [0.1, 0.15) is 6.54 Å². The zero-order valence-electron chi connectivity index (χ0n) is 69.7. The number of carbonyl (C=O) groups is 3. The number of nitrogens with zero attached hydrogens (tertiary/aromatic N) is 2. The number of rotatable bonds is 32. The standard InChI is InChI=1S/C96H114N8O10S3/c1-12-14-15-24-52-114-63(7)87-61(5)77-56-76-60(4)71(91(101-76)74-55-83(105)88-62(6)78(102-92(74)88)57-79-70(13-2)59(3)75(99-79)58-80(87)100-77)42-47-86(106)97-48-20-21-49-98-94(107)68-34-40-69(41-35-68)115-93-66(38-45-84-95(8,9)89-72-32-18-16-28-64(72)36-43-81(89)103(84)50-22-25-53-116(108,109)110)30-27-31-67(93)39-46-85-96(10,11)90-73-33-19-17-29-65(73)37-44-82(90)104(85)51-23-26-54-117(111,112)113/h16-19,28-29,32-41,43-46,56-58,60,63,71,99-100H,12-15,20-27,30-31,42,47-55H2,1-11H3,(H5-,97,98,101,102,105,106,107,108,109,110,111,112,113)/t60-,63?,71-/m0/s1. The molecule has 8 bridgehead atoms. The number of hydrogen-bond acceptors (Lipinski definition) is 12. The number of benzene rings is 5. The number of aromatic nitrogens is 3. The summed E-state index contributed by atoms with van der Waals surface area (Å²) in [5.41, 5.74) is 21.6. The molecular formula is C96H114N8O10S3. The molecule has 0 radical (unpaired) electrons. The average molecular weight is 1640 g/mol. The predicted molar refractivity (Wildman–Crippen MR) is 473 cm³/mol. The minimum atomic E-state index is -4.39. The molecule has 1 fully saturated rings. The van der Waals surface area contributed by atoms with Crippen LogP contribution in [-0.2, 0) is 47.0 Å². The number of carbonyl (C=O) groups excluding carboxylic acids is 3. The van der Waals surface area contributed by atoms with Gasteiger partial charge in [0.05, 0.1) is 33.1 Å². The smallest absolute Gasteiger partial charge is 0.264 e. The summed E-state index contributed by atoms with van der Waals surface area (Å²) >= 11 is 1.67. The number of fused-ring (bicyclic) bond motifs is 13. The van der Waals surface area contributed by atoms with E-state index >= 15 is 0 Å². The molecule has 2 amide bonds. The van der Waals surface area contributed by atoms with Crippen LogP contribution in [0.25, 0.3) is 45.3 Å². The highest BCUT2D eigenvalue weighted by Crippen LogP contribution is 2.53. The molecule has 7 heterocycles. The lowest BCUT2D eigenvalue weighted by Crippen LogP contribution is -2.28. The topological polar surface area (TPSA) is 262 Å². The van der Waals surface area contributed by atoms with Gasteiger partial charge in [-0.3, -0.25) is 18.9 Å². The first-order valence-electron chi connectivity index (χ1n) is 42.3. The van der Waals surface area contributed by atoms with Crippen molar-refractivity contribution in [3.63, 3.8) is 0 Å². The second kappa shape index (κ2) is 35.3. The summed E-state index contributed by atoms with van der Waals surface area (Å²) in [6.45, 7) is 26.8. The minimum Gasteiger partial charge on any atom is -0.748 e. The fourth-order valence-electron chi connectivity index (χ4n) is 19.1. The average Bonchev–Trinajstić information content (AvgIpc) is 1.58. The number of thioether (sulfide) groups is 1. The number of allylic oxidation sites excluding steroid dienone is 10. The normalized spacial score (nSPS) is 18.5. The summed E-state index contributed by atoms with van der Waals surface area (Å²) < 4.78 is 78.0. The van der Waals surface area contributed by atoms with Crippen molar-refractivity contribution in [1.82, 2.24) is 30.9 Å². The van der Waals surface area contributed by atoms with E-state index in [-0.39, 0.29) is 60.6 Å². The molecule has 2 aliphatic carbocycles. The number of Topliss-reactive ketones (excluding diaryl/α,β-unsaturated/α-hetero) is 1. The van der Waals surface area contributed by atoms with Gasteiger partial charge >= 0.3 is 0 Å². The Balaban J connectivity index is 0.679. The molecule has 3 atom stereocenters. The first-order chi connectivity index (χ1) is 56.0. The summed E-state index contributed by atoms with van der Waals surface area (Å²) in [5.74, 6) is -0.983. The molecule has 117 heavy (non-hydrogen) atoms. The van der Waals surface area contributed by atoms with Crippen LogP contribution in [0.2, 0.25) is 0 Å². The van der Waals surface area contributed by atoms with Crippen LogP contribution in [0.4, 0.5) is 11.4 Å². The molecule has 8 aromatic rings. The van der Waals surface area contributed by atoms with E-state index in [0.29, 0.717) is 76.9 Å². The Labute approximate surface area is 694 Å². The van der Waals surface area contributed by atoms with Crippen LogP contribution in [0.15, 0.2) is 159 Å². The summed E-state index contributed by atoms with van der Waals surface area (Å²) in [6, 6.07) is 33.2. The number of ether oxygens (including phenoxy) is 1. The van der Waals surface area contributed by atoms with E-state index in [4.69, 9.17) is 4.74 Å². The zero-order valence-corrected chi connectivity index (χ0v) is 72.2. The minimum absolute atomic E-state index is 0.00923. The highest BCUT2D eigenvalue weighted by molar-refractivity contribution is 8.03. The Kier molecular flexibility index (Phi) is 25.4. The van der Waals surface area contributed by atoms with E-state index in [1.165, 1.54) is 28.7 Å². The molecule has 1 unspecified atom stereocenters. The molecule has 0 saturated carbocycles. The predicted octanol–water partition coefficient (Wildman–Crippen LogP) is 18.2. The van der Waals surface area contributed by atoms with Crippen molar-refractivity contribution in [2.45, 2.75) is 207 Å². The van der Waals surface area contributed by atoms with Gasteiger partial charge in [-0.05, 0) is 233 Å². The largest absolute Gasteiger partial charge is 0.748 e. The Morgan fingerprint density at radius 1 is 0.735 bits per heavy atom. The van der Waals surface area contributed by atoms with Crippen molar-refractivity contribution < 1.29 is 49.6 Å². The van der Waals surface area contributed by atoms with Crippen LogP contribution in [0.3, 0.4) is 0 Å². The van der Waals surface area contributed by atoms with Gasteiger partial charge in [0.25, 0.3) is 16.0 Å². The van der Waals surface area contributed by atoms with Crippen molar-refractivity contribution in [3.05, 3.63) is 238 Å². The molecule has 3 aromatic heterocycles. The van der Waals surface area contributed by atoms with Gasteiger partial charge in [0.2, 0.25) is 11.6 Å². The third-order valence-corrected chi connectivity index (χ3v) is 28.1. The molecule has 1 saturated heterocycles. The fraction of sp³-hybridized carbons (Fsp3) is 0.417. The van der Waals surface area contributed by atoms with Crippen LogP contribution in [-0.4, -0.2) is 113 Å². The highest BCUT2D eigenvalue weighted by atomic mass is 32.2. The monoisotopic (exact) mass is 1630 g/mol. The summed E-state index contributed by atoms with van der Waals surface area (Å²) in [7, 11) is -8.52. The van der Waals surface area contributed by atoms with E-state index in [1.54, 1.807) is 11.8 Å². The maximum atomic E-state index is 14.2. The maximum Gasteiger partial charge on any atom is 0.264 e. The number of aromatic amines is 3. The number of H-pyrrole nitrogens is 3. The van der Waals surface area contributed by atoms with Crippen LogP contribution in [0.1, 0.15) is 247 Å². The first-order valence-corrected chi connectivity index (χ1v) is 46.3. The van der Waals surface area contributed by atoms with E-state index in [1.807, 2.05) is 43.3 Å². The Morgan fingerprint density at radius 2 is 1.44 bits per heavy atom. The number of amides is 2. The van der Waals surface area contributed by atoms with Crippen molar-refractivity contribution >= 4 is 112 Å². The second-order valence-corrected chi connectivity index (χ2v) is 38.0. The quantitative estimate of drug-likeness (QED) is 0.0118. The molecule has 6 aliphatic rings.